The second-order valence-corrected chi connectivity index (χ2v) is 6.48. The topological polar surface area (TPSA) is 165 Å². The van der Waals surface area contributed by atoms with E-state index in [1.54, 1.807) is 0 Å². The smallest absolute Gasteiger partial charge is 0.350 e. The summed E-state index contributed by atoms with van der Waals surface area (Å²) < 4.78 is 22.1. The van der Waals surface area contributed by atoms with Gasteiger partial charge in [0.1, 0.15) is 6.10 Å². The van der Waals surface area contributed by atoms with E-state index in [9.17, 15) is 14.5 Å². The van der Waals surface area contributed by atoms with E-state index in [1.165, 1.54) is 6.20 Å². The van der Waals surface area contributed by atoms with Crippen LogP contribution in [0.4, 0.5) is 5.95 Å². The number of nitrogens with zero attached hydrogens (tertiary/aromatic N) is 3. The zero-order valence-electron chi connectivity index (χ0n) is 11.7. The lowest BCUT2D eigenvalue weighted by Gasteiger charge is -2.16. The maximum atomic E-state index is 11.7. The molecular formula is C10H13BN5O6P. The average molecular weight is 341 g/mol. The number of aliphatic hydroxyl groups is 1. The molecule has 11 nitrogen and oxygen atoms in total. The van der Waals surface area contributed by atoms with Crippen molar-refractivity contribution in [2.75, 3.05) is 12.3 Å². The van der Waals surface area contributed by atoms with Gasteiger partial charge in [-0.1, -0.05) is 0 Å². The molecule has 0 aliphatic carbocycles. The Balaban J connectivity index is 1.84. The minimum absolute atomic E-state index is 0.0768. The first-order valence-electron chi connectivity index (χ1n) is 6.57. The van der Waals surface area contributed by atoms with Gasteiger partial charge in [0.2, 0.25) is 13.5 Å². The first-order chi connectivity index (χ1) is 10.7. The van der Waals surface area contributed by atoms with E-state index in [0.717, 1.165) is 4.52 Å². The largest absolute Gasteiger partial charge is 0.390 e. The van der Waals surface area contributed by atoms with Crippen molar-refractivity contribution in [1.29, 1.82) is 0 Å². The van der Waals surface area contributed by atoms with Crippen LogP contribution in [0.25, 0.3) is 5.65 Å². The number of hydrogen-bond acceptors (Lipinski definition) is 8. The van der Waals surface area contributed by atoms with Crippen molar-refractivity contribution < 1.29 is 23.8 Å². The highest BCUT2D eigenvalue weighted by Gasteiger charge is 2.37. The van der Waals surface area contributed by atoms with Crippen LogP contribution < -0.4 is 11.4 Å². The van der Waals surface area contributed by atoms with Crippen LogP contribution in [0.5, 0.6) is 0 Å². The van der Waals surface area contributed by atoms with Gasteiger partial charge in [0.05, 0.1) is 25.0 Å². The van der Waals surface area contributed by atoms with Gasteiger partial charge in [0.15, 0.2) is 5.65 Å². The molecule has 1 fully saturated rings. The fraction of sp³-hybridized carbons (Fsp3) is 0.500. The Morgan fingerprint density at radius 2 is 2.39 bits per heavy atom. The van der Waals surface area contributed by atoms with Crippen LogP contribution >= 0.6 is 7.47 Å². The average Bonchev–Trinajstić information content (AvgIpc) is 2.99. The van der Waals surface area contributed by atoms with Gasteiger partial charge in [-0.25, -0.2) is 4.79 Å². The number of anilines is 1. The third-order valence-corrected chi connectivity index (χ3v) is 3.94. The standard InChI is InChI=1S/C10H13BN5O6P/c11-23(19,20)21-3-7-5(17)1-6(22-7)4-2-13-16-8(4)14-9(12)15-10(16)18/h2,5-7,17H,1,3H2,(H,19,20)(H3,12,14,15,18). The van der Waals surface area contributed by atoms with Crippen molar-refractivity contribution in [3.05, 3.63) is 22.2 Å². The molecule has 0 spiro atoms. The number of fused-ring (bicyclic) bond motifs is 1. The first kappa shape index (κ1) is 16.2. The molecule has 0 saturated carbocycles. The van der Waals surface area contributed by atoms with Crippen LogP contribution in [0.1, 0.15) is 18.1 Å². The van der Waals surface area contributed by atoms with Gasteiger partial charge in [0.25, 0.3) is 7.47 Å². The van der Waals surface area contributed by atoms with Gasteiger partial charge in [-0.3, -0.25) is 9.55 Å². The zero-order valence-corrected chi connectivity index (χ0v) is 12.6. The molecule has 3 heterocycles. The third kappa shape index (κ3) is 3.31. The van der Waals surface area contributed by atoms with E-state index in [2.05, 4.69) is 19.6 Å². The summed E-state index contributed by atoms with van der Waals surface area (Å²) in [6, 6.07) is 0. The summed E-state index contributed by atoms with van der Waals surface area (Å²) in [5.74, 6) is -0.0768. The lowest BCUT2D eigenvalue weighted by atomic mass is 10.1. The van der Waals surface area contributed by atoms with E-state index in [1.807, 2.05) is 0 Å². The number of hydrogen-bond donors (Lipinski definition) is 4. The summed E-state index contributed by atoms with van der Waals surface area (Å²) in [6.07, 6.45) is -0.860. The van der Waals surface area contributed by atoms with E-state index >= 15 is 0 Å². The van der Waals surface area contributed by atoms with Crippen molar-refractivity contribution >= 4 is 26.6 Å². The highest BCUT2D eigenvalue weighted by Crippen LogP contribution is 2.39. The summed E-state index contributed by atoms with van der Waals surface area (Å²) in [5.41, 5.74) is 5.62. The Bertz CT molecular complexity index is 833. The van der Waals surface area contributed by atoms with Crippen LogP contribution in [0.2, 0.25) is 0 Å². The van der Waals surface area contributed by atoms with Crippen LogP contribution in [0.3, 0.4) is 0 Å². The van der Waals surface area contributed by atoms with Crippen molar-refractivity contribution in [2.24, 2.45) is 0 Å². The molecule has 2 aromatic rings. The first-order valence-corrected chi connectivity index (χ1v) is 8.22. The molecule has 0 bridgehead atoms. The van der Waals surface area contributed by atoms with E-state index in [-0.39, 0.29) is 24.6 Å². The van der Waals surface area contributed by atoms with Gasteiger partial charge in [-0.15, -0.1) is 0 Å². The Labute approximate surface area is 130 Å². The Morgan fingerprint density at radius 1 is 1.65 bits per heavy atom. The lowest BCUT2D eigenvalue weighted by Crippen LogP contribution is -2.25. The molecule has 3 rings (SSSR count). The van der Waals surface area contributed by atoms with Gasteiger partial charge in [0, 0.05) is 12.0 Å². The van der Waals surface area contributed by atoms with Gasteiger partial charge >= 0.3 is 5.69 Å². The maximum Gasteiger partial charge on any atom is 0.350 e. The van der Waals surface area contributed by atoms with Gasteiger partial charge in [-0.2, -0.15) is 14.6 Å². The molecule has 122 valence electrons. The number of H-pyrrole nitrogens is 1. The van der Waals surface area contributed by atoms with Crippen molar-refractivity contribution in [2.45, 2.75) is 24.7 Å². The fourth-order valence-corrected chi connectivity index (χ4v) is 2.77. The van der Waals surface area contributed by atoms with Crippen LogP contribution in [0.15, 0.2) is 11.0 Å². The minimum Gasteiger partial charge on any atom is -0.390 e. The molecule has 4 unspecified atom stereocenters. The van der Waals surface area contributed by atoms with Crippen molar-refractivity contribution in [1.82, 2.24) is 19.6 Å². The molecule has 0 amide bonds. The van der Waals surface area contributed by atoms with E-state index in [0.29, 0.717) is 5.56 Å². The Morgan fingerprint density at radius 3 is 3.09 bits per heavy atom. The number of aromatic amines is 1. The molecule has 1 aliphatic rings. The monoisotopic (exact) mass is 341 g/mol. The highest BCUT2D eigenvalue weighted by molar-refractivity contribution is 7.78. The molecule has 1 aliphatic heterocycles. The predicted molar refractivity (Wildman–Crippen MR) is 77.8 cm³/mol. The molecule has 2 aromatic heterocycles. The highest BCUT2D eigenvalue weighted by atomic mass is 31.2. The van der Waals surface area contributed by atoms with Crippen molar-refractivity contribution in [3.8, 4) is 0 Å². The van der Waals surface area contributed by atoms with Crippen LogP contribution in [-0.4, -0.2) is 56.0 Å². The van der Waals surface area contributed by atoms with Crippen LogP contribution in [-0.2, 0) is 13.8 Å². The van der Waals surface area contributed by atoms with E-state index < -0.39 is 31.5 Å². The molecule has 13 heteroatoms. The number of aromatic nitrogens is 4. The quantitative estimate of drug-likeness (QED) is 0.381. The summed E-state index contributed by atoms with van der Waals surface area (Å²) >= 11 is 0. The van der Waals surface area contributed by atoms with Crippen molar-refractivity contribution in [3.63, 3.8) is 0 Å². The number of nitrogen functional groups attached to an aromatic ring is 1. The second kappa shape index (κ2) is 5.73. The second-order valence-electron chi connectivity index (χ2n) is 5.09. The normalized spacial score (nSPS) is 27.3. The van der Waals surface area contributed by atoms with Crippen LogP contribution in [0, 0.1) is 0 Å². The number of rotatable bonds is 4. The molecule has 1 saturated heterocycles. The molecule has 2 radical (unpaired) electrons. The Kier molecular flexibility index (Phi) is 4.02. The fourth-order valence-electron chi connectivity index (χ4n) is 2.41. The molecule has 4 atom stereocenters. The lowest BCUT2D eigenvalue weighted by molar-refractivity contribution is -0.0172. The van der Waals surface area contributed by atoms with Gasteiger partial charge in [-0.05, 0) is 0 Å². The predicted octanol–water partition coefficient (Wildman–Crippen LogP) is -1.52. The summed E-state index contributed by atoms with van der Waals surface area (Å²) in [4.78, 5) is 26.9. The maximum absolute atomic E-state index is 11.7. The minimum atomic E-state index is -4.16. The summed E-state index contributed by atoms with van der Waals surface area (Å²) in [5, 5.41) is 13.9. The number of nitrogens with two attached hydrogens (primary N) is 1. The molecule has 5 N–H and O–H groups in total. The molecule has 23 heavy (non-hydrogen) atoms. The third-order valence-electron chi connectivity index (χ3n) is 3.42. The number of ether oxygens (including phenoxy) is 1. The summed E-state index contributed by atoms with van der Waals surface area (Å²) in [7, 11) is 0.714. The van der Waals surface area contributed by atoms with E-state index in [4.69, 9.17) is 22.9 Å². The molecular weight excluding hydrogens is 328 g/mol. The number of aliphatic hydroxyl groups excluding tert-OH is 1. The van der Waals surface area contributed by atoms with Gasteiger partial charge < -0.3 is 25.0 Å². The summed E-state index contributed by atoms with van der Waals surface area (Å²) in [6.45, 7) is -0.350. The SMILES string of the molecule is [B]P(=O)(O)OCC1OC(c2cnn3c(=O)[nH]c(N)nc23)CC1O. The molecule has 0 aromatic carbocycles. The number of nitrogens with one attached hydrogen (secondary N) is 1. The zero-order chi connectivity index (χ0) is 16.8. The Hall–Kier alpha value is -1.72.